The highest BCUT2D eigenvalue weighted by Crippen LogP contribution is 2.54. The number of hydrogen-bond donors (Lipinski definition) is 0. The number of hydrogen-bond acceptors (Lipinski definition) is 12. The van der Waals surface area contributed by atoms with Crippen LogP contribution >= 0.6 is 23.5 Å². The Morgan fingerprint density at radius 1 is 0.425 bits per heavy atom. The minimum absolute atomic E-state index is 0.00837. The molecule has 3 saturated carbocycles. The first-order valence-electron chi connectivity index (χ1n) is 14.3. The van der Waals surface area contributed by atoms with Gasteiger partial charge in [-0.05, 0) is 26.9 Å². The summed E-state index contributed by atoms with van der Waals surface area (Å²) in [5.41, 5.74) is 0. The van der Waals surface area contributed by atoms with E-state index in [1.807, 2.05) is 37.7 Å². The predicted octanol–water partition coefficient (Wildman–Crippen LogP) is 1.23. The number of likely N-dealkylation sites (N-methyl/N-ethyl adjacent to an activating group) is 2. The van der Waals surface area contributed by atoms with Gasteiger partial charge >= 0.3 is 0 Å². The number of rotatable bonds is 8. The van der Waals surface area contributed by atoms with E-state index < -0.39 is 0 Å². The molecule has 2 saturated heterocycles. The molecule has 0 aromatic rings. The van der Waals surface area contributed by atoms with Crippen molar-refractivity contribution in [2.45, 2.75) is 107 Å². The Hall–Kier alpha value is 0.300. The van der Waals surface area contributed by atoms with Gasteiger partial charge in [-0.2, -0.15) is 0 Å². The van der Waals surface area contributed by atoms with Crippen molar-refractivity contribution in [3.8, 4) is 0 Å². The van der Waals surface area contributed by atoms with Crippen LogP contribution in [0.3, 0.4) is 0 Å². The van der Waals surface area contributed by atoms with Gasteiger partial charge in [-0.25, -0.2) is 0 Å². The third-order valence-corrected chi connectivity index (χ3v) is 14.1. The maximum atomic E-state index is 6.47. The Bertz CT molecular complexity index is 782. The van der Waals surface area contributed by atoms with Gasteiger partial charge in [0.05, 0.1) is 59.2 Å². The molecule has 10 nitrogen and oxygen atoms in total. The van der Waals surface area contributed by atoms with Gasteiger partial charge in [0, 0.05) is 79.5 Å². The molecule has 0 bridgehead atoms. The molecule has 5 fully saturated rings. The van der Waals surface area contributed by atoms with Crippen LogP contribution in [0.1, 0.15) is 12.8 Å². The second-order valence-electron chi connectivity index (χ2n) is 11.8. The zero-order valence-corrected chi connectivity index (χ0v) is 27.3. The van der Waals surface area contributed by atoms with Gasteiger partial charge in [-0.3, -0.25) is 9.80 Å². The van der Waals surface area contributed by atoms with E-state index in [1.165, 1.54) is 0 Å². The topological polar surface area (TPSA) is 80.3 Å². The molecule has 12 heteroatoms. The van der Waals surface area contributed by atoms with Gasteiger partial charge in [0.25, 0.3) is 0 Å². The predicted molar refractivity (Wildman–Crippen MR) is 157 cm³/mol. The van der Waals surface area contributed by atoms with Crippen molar-refractivity contribution in [2.24, 2.45) is 0 Å². The molecule has 0 amide bonds. The van der Waals surface area contributed by atoms with Crippen molar-refractivity contribution in [3.05, 3.63) is 0 Å². The molecule has 16 atom stereocenters. The van der Waals surface area contributed by atoms with Crippen LogP contribution < -0.4 is 0 Å². The maximum absolute atomic E-state index is 6.47. The van der Waals surface area contributed by atoms with Crippen LogP contribution in [0.5, 0.6) is 0 Å². The third-order valence-electron chi connectivity index (χ3n) is 10.6. The molecule has 0 spiro atoms. The van der Waals surface area contributed by atoms with Gasteiger partial charge in [0.15, 0.2) is 0 Å². The van der Waals surface area contributed by atoms with Crippen molar-refractivity contribution in [2.75, 3.05) is 71.0 Å². The van der Waals surface area contributed by atoms with Crippen molar-refractivity contribution in [1.29, 1.82) is 0 Å². The molecule has 16 unspecified atom stereocenters. The Kier molecular flexibility index (Phi) is 10.4. The molecule has 2 aliphatic heterocycles. The first-order valence-corrected chi connectivity index (χ1v) is 16.2. The quantitative estimate of drug-likeness (QED) is 0.399. The molecule has 5 aliphatic rings. The summed E-state index contributed by atoms with van der Waals surface area (Å²) in [5, 5.41) is 0.842. The van der Waals surface area contributed by atoms with E-state index in [9.17, 15) is 0 Å². The average molecular weight is 607 g/mol. The molecule has 5 rings (SSSR count). The molecule has 3 aliphatic carbocycles. The second kappa shape index (κ2) is 13.1. The summed E-state index contributed by atoms with van der Waals surface area (Å²) in [5.74, 6) is 0. The standard InChI is InChI=1S/C28H50N2O8S2/c1-29-13-11-15(31-3)19(33-5)23(37-9)25(13)39-27-17(29)21(35-7)28-18(22(27)36-8)30(2)14-12-16(32-4)20(34-6)24(38-10)26(14)40-28/h13-28H,11-12H2,1-10H3. The molecule has 40 heavy (non-hydrogen) atoms. The van der Waals surface area contributed by atoms with E-state index >= 15 is 0 Å². The number of thioether (sulfide) groups is 2. The molecule has 0 aromatic heterocycles. The Morgan fingerprint density at radius 3 is 1.02 bits per heavy atom. The molecule has 2 heterocycles. The SMILES string of the molecule is COC1CC2C(SC3C(OC)C4C(SC5C(OC)C(OC)C(OC)CC5N4C)C(OC)C3N2C)C(OC)C1OC. The summed E-state index contributed by atoms with van der Waals surface area (Å²) in [6.45, 7) is 0. The molecule has 232 valence electrons. The highest BCUT2D eigenvalue weighted by Gasteiger charge is 2.65. The number of nitrogens with zero attached hydrogens (tertiary/aromatic N) is 2. The van der Waals surface area contributed by atoms with Crippen molar-refractivity contribution in [1.82, 2.24) is 9.80 Å². The molecule has 0 radical (unpaired) electrons. The Labute approximate surface area is 248 Å². The van der Waals surface area contributed by atoms with E-state index in [4.69, 9.17) is 37.9 Å². The lowest BCUT2D eigenvalue weighted by Gasteiger charge is -2.65. The normalized spacial score (nSPS) is 51.5. The van der Waals surface area contributed by atoms with Crippen LogP contribution in [-0.4, -0.2) is 175 Å². The molecular formula is C28H50N2O8S2. The molecule has 0 N–H and O–H groups in total. The van der Waals surface area contributed by atoms with E-state index in [2.05, 4.69) is 23.9 Å². The van der Waals surface area contributed by atoms with Crippen molar-refractivity contribution < 1.29 is 37.9 Å². The minimum Gasteiger partial charge on any atom is -0.379 e. The number of fused-ring (bicyclic) bond motifs is 4. The summed E-state index contributed by atoms with van der Waals surface area (Å²) in [7, 11) is 18.9. The summed E-state index contributed by atoms with van der Waals surface area (Å²) in [6.07, 6.45) is 1.29. The van der Waals surface area contributed by atoms with E-state index in [0.717, 1.165) is 12.8 Å². The fourth-order valence-corrected chi connectivity index (χ4v) is 13.1. The van der Waals surface area contributed by atoms with Crippen molar-refractivity contribution in [3.63, 3.8) is 0 Å². The maximum Gasteiger partial charge on any atom is 0.110 e. The lowest BCUT2D eigenvalue weighted by atomic mass is 9.77. The van der Waals surface area contributed by atoms with Crippen LogP contribution in [0.25, 0.3) is 0 Å². The summed E-state index contributed by atoms with van der Waals surface area (Å²) in [6, 6.07) is 0.868. The zero-order chi connectivity index (χ0) is 28.9. The lowest BCUT2D eigenvalue weighted by molar-refractivity contribution is -0.166. The lowest BCUT2D eigenvalue weighted by Crippen LogP contribution is -2.79. The van der Waals surface area contributed by atoms with E-state index in [1.54, 1.807) is 42.7 Å². The number of ether oxygens (including phenoxy) is 8. The zero-order valence-electron chi connectivity index (χ0n) is 25.6. The van der Waals surface area contributed by atoms with Gasteiger partial charge < -0.3 is 37.9 Å². The molecule has 0 aromatic carbocycles. The van der Waals surface area contributed by atoms with Crippen LogP contribution in [0.2, 0.25) is 0 Å². The van der Waals surface area contributed by atoms with Gasteiger partial charge in [0.1, 0.15) is 12.2 Å². The second-order valence-corrected chi connectivity index (χ2v) is 14.5. The fraction of sp³-hybridized carbons (Fsp3) is 1.00. The Balaban J connectivity index is 1.51. The molecular weight excluding hydrogens is 556 g/mol. The minimum atomic E-state index is -0.120. The summed E-state index contributed by atoms with van der Waals surface area (Å²) >= 11 is 4.02. The highest BCUT2D eigenvalue weighted by molar-refractivity contribution is 8.01. The van der Waals surface area contributed by atoms with Crippen LogP contribution in [0.15, 0.2) is 0 Å². The van der Waals surface area contributed by atoms with Gasteiger partial charge in [-0.15, -0.1) is 23.5 Å². The summed E-state index contributed by atoms with van der Waals surface area (Å²) in [4.78, 5) is 5.10. The van der Waals surface area contributed by atoms with Crippen LogP contribution in [0, 0.1) is 0 Å². The summed E-state index contributed by atoms with van der Waals surface area (Å²) < 4.78 is 49.0. The van der Waals surface area contributed by atoms with Crippen LogP contribution in [0.4, 0.5) is 0 Å². The monoisotopic (exact) mass is 606 g/mol. The average Bonchev–Trinajstić information content (AvgIpc) is 2.98. The highest BCUT2D eigenvalue weighted by atomic mass is 32.2. The first kappa shape index (κ1) is 31.7. The fourth-order valence-electron chi connectivity index (χ4n) is 8.70. The third kappa shape index (κ3) is 4.90. The van der Waals surface area contributed by atoms with Crippen LogP contribution in [-0.2, 0) is 37.9 Å². The van der Waals surface area contributed by atoms with E-state index in [0.29, 0.717) is 0 Å². The van der Waals surface area contributed by atoms with Gasteiger partial charge in [0.2, 0.25) is 0 Å². The number of methoxy groups -OCH3 is 8. The Morgan fingerprint density at radius 2 is 0.750 bits per heavy atom. The van der Waals surface area contributed by atoms with Gasteiger partial charge in [-0.1, -0.05) is 0 Å². The largest absolute Gasteiger partial charge is 0.379 e. The smallest absolute Gasteiger partial charge is 0.110 e. The van der Waals surface area contributed by atoms with Crippen molar-refractivity contribution >= 4 is 23.5 Å². The van der Waals surface area contributed by atoms with E-state index in [-0.39, 0.29) is 94.0 Å². The first-order chi connectivity index (χ1) is 19.3.